The van der Waals surface area contributed by atoms with Crippen LogP contribution in [0.5, 0.6) is 0 Å². The van der Waals surface area contributed by atoms with Gasteiger partial charge in [0.15, 0.2) is 5.01 Å². The van der Waals surface area contributed by atoms with E-state index >= 15 is 0 Å². The molecule has 2 fully saturated rings. The third-order valence-corrected chi connectivity index (χ3v) is 8.30. The topological polar surface area (TPSA) is 117 Å². The predicted octanol–water partition coefficient (Wildman–Crippen LogP) is 3.38. The highest BCUT2D eigenvalue weighted by molar-refractivity contribution is 7.89. The molecule has 34 heavy (non-hydrogen) atoms. The zero-order chi connectivity index (χ0) is 24.3. The number of fused-ring (bicyclic) bond motifs is 1. The van der Waals surface area contributed by atoms with Crippen LogP contribution in [0.15, 0.2) is 23.2 Å². The lowest BCUT2D eigenvalue weighted by Gasteiger charge is -2.34. The van der Waals surface area contributed by atoms with Gasteiger partial charge in [0.05, 0.1) is 22.7 Å². The highest BCUT2D eigenvalue weighted by Crippen LogP contribution is 2.39. The largest absolute Gasteiger partial charge is 0.370 e. The zero-order valence-corrected chi connectivity index (χ0v) is 19.0. The molecule has 2 aromatic heterocycles. The standard InChI is InChI=1S/C19H17F4N7O2S2/c20-15(21)16-26-27-17(33-16)30-14-8-11(34(31,32)28-18(10-24)1-2-18)7-13(12(14)9-25-30)29-5-3-19(22,23)4-6-29/h7-9,15,28H,1-6H2. The first-order chi connectivity index (χ1) is 16.0. The second-order valence-electron chi connectivity index (χ2n) is 8.30. The number of alkyl halides is 4. The van der Waals surface area contributed by atoms with Crippen molar-refractivity contribution in [3.05, 3.63) is 23.3 Å². The summed E-state index contributed by atoms with van der Waals surface area (Å²) in [6, 6.07) is 4.61. The van der Waals surface area contributed by atoms with Crippen LogP contribution in [0.25, 0.3) is 16.0 Å². The van der Waals surface area contributed by atoms with Crippen molar-refractivity contribution in [2.75, 3.05) is 18.0 Å². The molecule has 0 spiro atoms. The van der Waals surface area contributed by atoms with Crippen molar-refractivity contribution in [2.45, 2.75) is 48.5 Å². The number of hydrogen-bond donors (Lipinski definition) is 1. The Kier molecular flexibility index (Phi) is 5.30. The molecule has 1 aliphatic heterocycles. The van der Waals surface area contributed by atoms with Crippen LogP contribution in [-0.4, -0.2) is 52.9 Å². The number of rotatable bonds is 6. The van der Waals surface area contributed by atoms with Crippen LogP contribution in [0.2, 0.25) is 0 Å². The van der Waals surface area contributed by atoms with Gasteiger partial charge in [0.25, 0.3) is 12.3 Å². The molecule has 1 N–H and O–H groups in total. The minimum absolute atomic E-state index is 0.000349. The highest BCUT2D eigenvalue weighted by atomic mass is 32.2. The van der Waals surface area contributed by atoms with E-state index in [1.807, 2.05) is 6.07 Å². The SMILES string of the molecule is N#CC1(NS(=O)(=O)c2cc(N3CCC(F)(F)CC3)c3cnn(-c4nnc(C(F)F)s4)c3c2)CC1. The normalized spacial score (nSPS) is 19.5. The Morgan fingerprint density at radius 1 is 1.15 bits per heavy atom. The van der Waals surface area contributed by atoms with Gasteiger partial charge in [-0.25, -0.2) is 30.7 Å². The molecule has 0 bridgehead atoms. The Labute approximate surface area is 195 Å². The van der Waals surface area contributed by atoms with E-state index in [9.17, 15) is 31.2 Å². The minimum atomic E-state index is -4.17. The van der Waals surface area contributed by atoms with E-state index < -0.39 is 45.8 Å². The van der Waals surface area contributed by atoms with Gasteiger partial charge in [-0.15, -0.1) is 10.2 Å². The van der Waals surface area contributed by atoms with E-state index in [4.69, 9.17) is 0 Å². The molecule has 5 rings (SSSR count). The molecule has 3 heterocycles. The van der Waals surface area contributed by atoms with Crippen LogP contribution in [0, 0.1) is 11.3 Å². The number of aromatic nitrogens is 4. The van der Waals surface area contributed by atoms with E-state index in [1.54, 1.807) is 4.90 Å². The van der Waals surface area contributed by atoms with Gasteiger partial charge in [0, 0.05) is 37.0 Å². The van der Waals surface area contributed by atoms with Crippen LogP contribution in [0.1, 0.15) is 37.1 Å². The fraction of sp³-hybridized carbons (Fsp3) is 0.474. The van der Waals surface area contributed by atoms with Gasteiger partial charge < -0.3 is 4.90 Å². The summed E-state index contributed by atoms with van der Waals surface area (Å²) >= 11 is 0.599. The van der Waals surface area contributed by atoms with Crippen molar-refractivity contribution in [3.63, 3.8) is 0 Å². The van der Waals surface area contributed by atoms with Gasteiger partial charge in [-0.2, -0.15) is 15.1 Å². The Balaban J connectivity index is 1.64. The van der Waals surface area contributed by atoms with E-state index in [-0.39, 0.29) is 28.6 Å². The smallest absolute Gasteiger partial charge is 0.291 e. The zero-order valence-electron chi connectivity index (χ0n) is 17.4. The van der Waals surface area contributed by atoms with Crippen LogP contribution in [-0.2, 0) is 10.0 Å². The second kappa shape index (κ2) is 7.85. The van der Waals surface area contributed by atoms with Gasteiger partial charge in [-0.1, -0.05) is 11.3 Å². The Morgan fingerprint density at radius 2 is 1.85 bits per heavy atom. The number of piperidine rings is 1. The molecule has 1 aliphatic carbocycles. The van der Waals surface area contributed by atoms with E-state index in [0.29, 0.717) is 35.3 Å². The first-order valence-corrected chi connectivity index (χ1v) is 12.5. The van der Waals surface area contributed by atoms with Crippen molar-refractivity contribution in [2.24, 2.45) is 0 Å². The van der Waals surface area contributed by atoms with Gasteiger partial charge in [-0.05, 0) is 25.0 Å². The Bertz CT molecular complexity index is 1400. The molecule has 1 saturated carbocycles. The number of sulfonamides is 1. The molecule has 0 radical (unpaired) electrons. The maximum atomic E-state index is 13.7. The number of halogens is 4. The van der Waals surface area contributed by atoms with Crippen molar-refractivity contribution < 1.29 is 26.0 Å². The van der Waals surface area contributed by atoms with Gasteiger partial charge in [-0.3, -0.25) is 0 Å². The summed E-state index contributed by atoms with van der Waals surface area (Å²) in [6.45, 7) is -0.0264. The van der Waals surface area contributed by atoms with Crippen molar-refractivity contribution >= 4 is 38.0 Å². The first kappa shape index (κ1) is 22.9. The lowest BCUT2D eigenvalue weighted by molar-refractivity contribution is -0.0220. The molecular formula is C19H17F4N7O2S2. The summed E-state index contributed by atoms with van der Waals surface area (Å²) in [6.07, 6.45) is -1.48. The molecule has 9 nitrogen and oxygen atoms in total. The number of nitriles is 1. The van der Waals surface area contributed by atoms with Gasteiger partial charge in [0.1, 0.15) is 5.54 Å². The predicted molar refractivity (Wildman–Crippen MR) is 114 cm³/mol. The average molecular weight is 516 g/mol. The number of benzene rings is 1. The van der Waals surface area contributed by atoms with Gasteiger partial charge in [0.2, 0.25) is 15.2 Å². The molecule has 15 heteroatoms. The highest BCUT2D eigenvalue weighted by Gasteiger charge is 2.47. The number of hydrogen-bond acceptors (Lipinski definition) is 8. The number of anilines is 1. The molecular weight excluding hydrogens is 498 g/mol. The molecule has 0 atom stereocenters. The Hall–Kier alpha value is -2.83. The molecule has 1 saturated heterocycles. The summed E-state index contributed by atoms with van der Waals surface area (Å²) in [4.78, 5) is 1.45. The molecule has 0 amide bonds. The van der Waals surface area contributed by atoms with E-state index in [0.717, 1.165) is 0 Å². The molecule has 2 aliphatic rings. The van der Waals surface area contributed by atoms with Crippen LogP contribution < -0.4 is 9.62 Å². The number of nitrogens with zero attached hydrogens (tertiary/aromatic N) is 6. The summed E-state index contributed by atoms with van der Waals surface area (Å²) in [7, 11) is -4.17. The van der Waals surface area contributed by atoms with Crippen molar-refractivity contribution in [1.29, 1.82) is 5.26 Å². The molecule has 3 aromatic rings. The van der Waals surface area contributed by atoms with E-state index in [1.165, 1.54) is 23.0 Å². The summed E-state index contributed by atoms with van der Waals surface area (Å²) in [5.74, 6) is -2.81. The van der Waals surface area contributed by atoms with Crippen LogP contribution in [0.3, 0.4) is 0 Å². The lowest BCUT2D eigenvalue weighted by atomic mass is 10.1. The quantitative estimate of drug-likeness (QED) is 0.500. The maximum absolute atomic E-state index is 13.7. The molecule has 1 aromatic carbocycles. The minimum Gasteiger partial charge on any atom is -0.370 e. The van der Waals surface area contributed by atoms with E-state index in [2.05, 4.69) is 20.0 Å². The lowest BCUT2D eigenvalue weighted by Crippen LogP contribution is -2.39. The van der Waals surface area contributed by atoms with Crippen LogP contribution >= 0.6 is 11.3 Å². The monoisotopic (exact) mass is 515 g/mol. The fourth-order valence-corrected chi connectivity index (χ4v) is 5.89. The van der Waals surface area contributed by atoms with Crippen molar-refractivity contribution in [3.8, 4) is 11.2 Å². The third-order valence-electron chi connectivity index (χ3n) is 5.88. The third kappa shape index (κ3) is 4.10. The average Bonchev–Trinajstić information content (AvgIpc) is 3.19. The fourth-order valence-electron chi connectivity index (χ4n) is 3.81. The summed E-state index contributed by atoms with van der Waals surface area (Å²) in [5.41, 5.74) is -0.582. The number of nitrogens with one attached hydrogen (secondary N) is 1. The Morgan fingerprint density at radius 3 is 2.44 bits per heavy atom. The summed E-state index contributed by atoms with van der Waals surface area (Å²) in [5, 5.41) is 20.6. The maximum Gasteiger partial charge on any atom is 0.291 e. The summed E-state index contributed by atoms with van der Waals surface area (Å²) < 4.78 is 83.4. The van der Waals surface area contributed by atoms with Crippen molar-refractivity contribution in [1.82, 2.24) is 24.7 Å². The van der Waals surface area contributed by atoms with Crippen LogP contribution in [0.4, 0.5) is 23.2 Å². The van der Waals surface area contributed by atoms with Gasteiger partial charge >= 0.3 is 0 Å². The molecule has 180 valence electrons. The first-order valence-electron chi connectivity index (χ1n) is 10.2. The second-order valence-corrected chi connectivity index (χ2v) is 11.0. The molecule has 0 unspecified atom stereocenters.